The Labute approximate surface area is 232 Å². The zero-order valence-electron chi connectivity index (χ0n) is 22.9. The van der Waals surface area contributed by atoms with Crippen molar-refractivity contribution in [1.82, 2.24) is 23.8 Å². The van der Waals surface area contributed by atoms with Gasteiger partial charge in [-0.2, -0.15) is 0 Å². The first-order valence-electron chi connectivity index (χ1n) is 14.5. The van der Waals surface area contributed by atoms with Gasteiger partial charge in [0.05, 0.1) is 17.4 Å². The van der Waals surface area contributed by atoms with E-state index in [-0.39, 0.29) is 17.6 Å². The van der Waals surface area contributed by atoms with Gasteiger partial charge < -0.3 is 14.4 Å². The molecule has 0 saturated heterocycles. The number of carbonyl (C=O) groups is 2. The molecule has 0 N–H and O–H groups in total. The Bertz CT molecular complexity index is 1680. The predicted molar refractivity (Wildman–Crippen MR) is 153 cm³/mol. The van der Waals surface area contributed by atoms with Crippen molar-refractivity contribution in [3.8, 4) is 0 Å². The number of urea groups is 1. The van der Waals surface area contributed by atoms with Crippen molar-refractivity contribution >= 4 is 39.5 Å². The van der Waals surface area contributed by atoms with Crippen molar-refractivity contribution in [1.29, 1.82) is 0 Å². The summed E-state index contributed by atoms with van der Waals surface area (Å²) in [6, 6.07) is 8.93. The fraction of sp³-hybridized carbons (Fsp3) is 0.406. The van der Waals surface area contributed by atoms with Gasteiger partial charge in [-0.25, -0.2) is 14.2 Å². The second-order valence-electron chi connectivity index (χ2n) is 11.6. The predicted octanol–water partition coefficient (Wildman–Crippen LogP) is 6.15. The van der Waals surface area contributed by atoms with Crippen LogP contribution in [0.2, 0.25) is 0 Å². The Morgan fingerprint density at radius 1 is 1.12 bits per heavy atom. The average Bonchev–Trinajstić information content (AvgIpc) is 3.61. The third-order valence-electron chi connectivity index (χ3n) is 9.02. The topological polar surface area (TPSA) is 62.9 Å². The zero-order valence-corrected chi connectivity index (χ0v) is 22.9. The van der Waals surface area contributed by atoms with Gasteiger partial charge in [-0.15, -0.1) is 0 Å². The summed E-state index contributed by atoms with van der Waals surface area (Å²) < 4.78 is 19.2. The molecule has 7 rings (SSSR count). The molecule has 2 amide bonds. The maximum atomic E-state index is 15.1. The number of fused-ring (bicyclic) bond motifs is 1. The molecular formula is C32H34FN5O2. The monoisotopic (exact) mass is 539 g/mol. The molecule has 3 aromatic heterocycles. The summed E-state index contributed by atoms with van der Waals surface area (Å²) >= 11 is 0. The van der Waals surface area contributed by atoms with Crippen LogP contribution >= 0.6 is 0 Å². The molecular weight excluding hydrogens is 505 g/mol. The number of rotatable bonds is 4. The number of Topliss-reactive ketones (excluding diaryl/α,β-unsaturated/α-hetero) is 1. The third-order valence-corrected chi connectivity index (χ3v) is 9.02. The lowest BCUT2D eigenvalue weighted by Crippen LogP contribution is -2.43. The Morgan fingerprint density at radius 2 is 1.98 bits per heavy atom. The number of nitrogens with zero attached hydrogens (tertiary/aromatic N) is 5. The molecule has 0 unspecified atom stereocenters. The first-order valence-corrected chi connectivity index (χ1v) is 14.5. The molecule has 4 aromatic rings. The van der Waals surface area contributed by atoms with Crippen molar-refractivity contribution < 1.29 is 14.0 Å². The Kier molecular flexibility index (Phi) is 6.21. The van der Waals surface area contributed by atoms with Crippen LogP contribution in [-0.4, -0.2) is 55.7 Å². The zero-order chi connectivity index (χ0) is 27.4. The second kappa shape index (κ2) is 9.91. The normalized spacial score (nSPS) is 18.2. The molecule has 40 heavy (non-hydrogen) atoms. The summed E-state index contributed by atoms with van der Waals surface area (Å²) in [5.41, 5.74) is 5.82. The molecule has 3 aliphatic rings. The number of hydrogen-bond acceptors (Lipinski definition) is 3. The van der Waals surface area contributed by atoms with E-state index in [1.54, 1.807) is 18.3 Å². The number of halogens is 1. The first kappa shape index (κ1) is 25.1. The largest absolute Gasteiger partial charge is 0.345 e. The van der Waals surface area contributed by atoms with Crippen LogP contribution in [0.4, 0.5) is 9.18 Å². The van der Waals surface area contributed by atoms with Gasteiger partial charge in [0.1, 0.15) is 11.5 Å². The van der Waals surface area contributed by atoms with Gasteiger partial charge in [-0.3, -0.25) is 9.20 Å². The number of ketones is 1. The van der Waals surface area contributed by atoms with Crippen molar-refractivity contribution in [2.24, 2.45) is 5.92 Å². The van der Waals surface area contributed by atoms with Gasteiger partial charge in [0.25, 0.3) is 0 Å². The van der Waals surface area contributed by atoms with E-state index in [0.29, 0.717) is 44.0 Å². The van der Waals surface area contributed by atoms with Crippen LogP contribution in [0.3, 0.4) is 0 Å². The summed E-state index contributed by atoms with van der Waals surface area (Å²) in [6.07, 6.45) is 12.9. The first-order chi connectivity index (χ1) is 19.5. The van der Waals surface area contributed by atoms with Crippen molar-refractivity contribution in [2.75, 3.05) is 20.1 Å². The average molecular weight is 540 g/mol. The standard InChI is InChI=1S/C32H34FN5O2/c1-35(18-21-7-3-2-4-8-21)32(40)37-14-13-36-20-26(25-16-23(33)15-22(19-37)31(25)36)24-10-11-28(39)30(24)27-17-34-29-9-5-6-12-38(27)29/h5-6,9,12,15-17,20-21H,2-4,7-8,10-11,13-14,18-19H2,1H3. The summed E-state index contributed by atoms with van der Waals surface area (Å²) in [6.45, 7) is 2.30. The Balaban J connectivity index is 1.26. The van der Waals surface area contributed by atoms with Gasteiger partial charge in [-0.1, -0.05) is 25.3 Å². The van der Waals surface area contributed by atoms with Crippen LogP contribution in [0.15, 0.2) is 48.9 Å². The summed E-state index contributed by atoms with van der Waals surface area (Å²) in [4.78, 5) is 34.9. The SMILES string of the molecule is CN(CC1CCCCC1)C(=O)N1CCn2cc(C3=C(c4cnc5ccccn45)C(=O)CC3)c3cc(F)cc(c32)C1. The van der Waals surface area contributed by atoms with Gasteiger partial charge >= 0.3 is 6.03 Å². The van der Waals surface area contributed by atoms with Gasteiger partial charge in [-0.05, 0) is 60.6 Å². The number of amides is 2. The lowest BCUT2D eigenvalue weighted by molar-refractivity contribution is -0.113. The number of pyridine rings is 1. The fourth-order valence-corrected chi connectivity index (χ4v) is 7.12. The van der Waals surface area contributed by atoms with E-state index in [2.05, 4.69) is 15.7 Å². The van der Waals surface area contributed by atoms with Gasteiger partial charge in [0.15, 0.2) is 5.78 Å². The van der Waals surface area contributed by atoms with Crippen molar-refractivity contribution in [3.05, 3.63) is 71.6 Å². The maximum absolute atomic E-state index is 15.1. The van der Waals surface area contributed by atoms with E-state index in [4.69, 9.17) is 0 Å². The van der Waals surface area contributed by atoms with E-state index in [1.807, 2.05) is 45.6 Å². The fourth-order valence-electron chi connectivity index (χ4n) is 7.12. The number of allylic oxidation sites excluding steroid dienone is 2. The number of benzene rings is 1. The lowest BCUT2D eigenvalue weighted by atomic mass is 9.89. The Morgan fingerprint density at radius 3 is 2.83 bits per heavy atom. The highest BCUT2D eigenvalue weighted by molar-refractivity contribution is 6.31. The molecule has 0 spiro atoms. The van der Waals surface area contributed by atoms with E-state index >= 15 is 4.39 Å². The maximum Gasteiger partial charge on any atom is 0.320 e. The highest BCUT2D eigenvalue weighted by Crippen LogP contribution is 2.42. The van der Waals surface area contributed by atoms with E-state index in [0.717, 1.165) is 45.5 Å². The van der Waals surface area contributed by atoms with Crippen LogP contribution in [-0.2, 0) is 17.9 Å². The number of hydrogen-bond donors (Lipinski definition) is 0. The molecule has 0 atom stereocenters. The molecule has 1 saturated carbocycles. The molecule has 1 aromatic carbocycles. The number of imidazole rings is 1. The molecule has 1 aliphatic heterocycles. The summed E-state index contributed by atoms with van der Waals surface area (Å²) in [5.74, 6) is 0.326. The minimum Gasteiger partial charge on any atom is -0.345 e. The van der Waals surface area contributed by atoms with Crippen LogP contribution in [0, 0.1) is 11.7 Å². The van der Waals surface area contributed by atoms with Crippen LogP contribution in [0.1, 0.15) is 61.8 Å². The van der Waals surface area contributed by atoms with E-state index in [1.165, 1.54) is 32.1 Å². The summed E-state index contributed by atoms with van der Waals surface area (Å²) in [5, 5.41) is 0.802. The smallest absolute Gasteiger partial charge is 0.320 e. The minimum absolute atomic E-state index is 0.00737. The van der Waals surface area contributed by atoms with E-state index in [9.17, 15) is 9.59 Å². The minimum atomic E-state index is -0.326. The molecule has 2 aliphatic carbocycles. The van der Waals surface area contributed by atoms with Crippen LogP contribution in [0.5, 0.6) is 0 Å². The molecule has 8 heteroatoms. The van der Waals surface area contributed by atoms with Crippen molar-refractivity contribution in [3.63, 3.8) is 0 Å². The molecule has 4 heterocycles. The van der Waals surface area contributed by atoms with E-state index < -0.39 is 0 Å². The molecule has 1 fully saturated rings. The van der Waals surface area contributed by atoms with Crippen molar-refractivity contribution in [2.45, 2.75) is 58.0 Å². The molecule has 0 bridgehead atoms. The molecule has 206 valence electrons. The summed E-state index contributed by atoms with van der Waals surface area (Å²) in [7, 11) is 1.90. The quantitative estimate of drug-likeness (QED) is 0.313. The Hall–Kier alpha value is -3.94. The second-order valence-corrected chi connectivity index (χ2v) is 11.6. The van der Waals surface area contributed by atoms with Crippen LogP contribution < -0.4 is 0 Å². The number of carbonyl (C=O) groups excluding carboxylic acids is 2. The highest BCUT2D eigenvalue weighted by atomic mass is 19.1. The number of aromatic nitrogens is 3. The third kappa shape index (κ3) is 4.21. The van der Waals surface area contributed by atoms with Crippen LogP contribution in [0.25, 0.3) is 27.7 Å². The van der Waals surface area contributed by atoms with Gasteiger partial charge in [0.2, 0.25) is 0 Å². The van der Waals surface area contributed by atoms with Gasteiger partial charge in [0, 0.05) is 68.6 Å². The lowest BCUT2D eigenvalue weighted by Gasteiger charge is -2.31. The molecule has 7 nitrogen and oxygen atoms in total. The highest BCUT2D eigenvalue weighted by Gasteiger charge is 2.31. The molecule has 0 radical (unpaired) electrons.